The maximum Gasteiger partial charge on any atom is 0.326 e. The van der Waals surface area contributed by atoms with Crippen LogP contribution in [-0.2, 0) is 9.59 Å². The van der Waals surface area contributed by atoms with Crippen LogP contribution in [0.25, 0.3) is 10.7 Å². The molecule has 0 aliphatic rings. The number of thioether (sulfide) groups is 1. The number of thiophene rings is 1. The number of amides is 1. The largest absolute Gasteiger partial charge is 0.492 e. The molecule has 0 fully saturated rings. The number of hydrogen-bond acceptors (Lipinski definition) is 7. The zero-order chi connectivity index (χ0) is 22.4. The minimum Gasteiger partial charge on any atom is -0.492 e. The Balaban J connectivity index is 1.59. The molecule has 0 bridgehead atoms. The molecular weight excluding hydrogens is 460 g/mol. The van der Waals surface area contributed by atoms with Crippen molar-refractivity contribution in [2.75, 3.05) is 26.0 Å². The van der Waals surface area contributed by atoms with E-state index in [9.17, 15) is 14.7 Å². The van der Waals surface area contributed by atoms with E-state index in [0.717, 1.165) is 16.6 Å². The number of aliphatic carboxylic acids is 1. The van der Waals surface area contributed by atoms with Crippen molar-refractivity contribution < 1.29 is 19.4 Å². The molecule has 8 nitrogen and oxygen atoms in total. The molecule has 2 heterocycles. The highest BCUT2D eigenvalue weighted by atomic mass is 35.5. The summed E-state index contributed by atoms with van der Waals surface area (Å²) in [5, 5.41) is 20.7. The van der Waals surface area contributed by atoms with Crippen LogP contribution in [0.1, 0.15) is 13.0 Å². The first-order valence-corrected chi connectivity index (χ1v) is 11.6. The molecule has 0 unspecified atom stereocenters. The lowest BCUT2D eigenvalue weighted by Crippen LogP contribution is -2.32. The maximum atomic E-state index is 12.5. The van der Waals surface area contributed by atoms with Gasteiger partial charge in [0.15, 0.2) is 11.0 Å². The second-order valence-corrected chi connectivity index (χ2v) is 8.90. The number of carbonyl (C=O) groups is 2. The molecule has 31 heavy (non-hydrogen) atoms. The Morgan fingerprint density at radius 2 is 2.03 bits per heavy atom. The van der Waals surface area contributed by atoms with Gasteiger partial charge in [0, 0.05) is 12.1 Å². The first kappa shape index (κ1) is 23.1. The third kappa shape index (κ3) is 5.99. The van der Waals surface area contributed by atoms with Crippen LogP contribution in [0.4, 0.5) is 0 Å². The van der Waals surface area contributed by atoms with Crippen molar-refractivity contribution in [2.24, 2.45) is 0 Å². The lowest BCUT2D eigenvalue weighted by atomic mass is 10.3. The fourth-order valence-corrected chi connectivity index (χ4v) is 4.39. The number of rotatable bonds is 10. The van der Waals surface area contributed by atoms with E-state index in [2.05, 4.69) is 10.2 Å². The van der Waals surface area contributed by atoms with Gasteiger partial charge in [-0.05, 0) is 42.6 Å². The highest BCUT2D eigenvalue weighted by molar-refractivity contribution is 7.99. The van der Waals surface area contributed by atoms with E-state index in [1.807, 2.05) is 17.5 Å². The van der Waals surface area contributed by atoms with Gasteiger partial charge in [0.05, 0.1) is 17.2 Å². The van der Waals surface area contributed by atoms with Crippen LogP contribution in [0.2, 0.25) is 5.02 Å². The molecule has 0 spiro atoms. The van der Waals surface area contributed by atoms with Crippen LogP contribution >= 0.6 is 34.7 Å². The normalized spacial score (nSPS) is 11.8. The highest BCUT2D eigenvalue weighted by Gasteiger charge is 2.25. The number of benzene rings is 1. The van der Waals surface area contributed by atoms with Crippen LogP contribution in [0, 0.1) is 0 Å². The molecule has 164 valence electrons. The molecule has 0 saturated heterocycles. The van der Waals surface area contributed by atoms with Crippen molar-refractivity contribution >= 4 is 46.6 Å². The molecule has 0 aliphatic heterocycles. The van der Waals surface area contributed by atoms with Crippen molar-refractivity contribution in [3.8, 4) is 16.5 Å². The lowest BCUT2D eigenvalue weighted by molar-refractivity contribution is -0.140. The summed E-state index contributed by atoms with van der Waals surface area (Å²) >= 11 is 8.46. The zero-order valence-electron chi connectivity index (χ0n) is 16.9. The van der Waals surface area contributed by atoms with Gasteiger partial charge in [-0.2, -0.15) is 0 Å². The van der Waals surface area contributed by atoms with Gasteiger partial charge >= 0.3 is 5.97 Å². The summed E-state index contributed by atoms with van der Waals surface area (Å²) in [5.41, 5.74) is 0. The first-order chi connectivity index (χ1) is 14.9. The molecule has 1 N–H and O–H groups in total. The highest BCUT2D eigenvalue weighted by Crippen LogP contribution is 2.30. The van der Waals surface area contributed by atoms with Crippen molar-refractivity contribution in [1.82, 2.24) is 19.7 Å². The number of carboxylic acid groups (broad SMARTS) is 1. The number of nitrogens with zero attached hydrogens (tertiary/aromatic N) is 4. The molecule has 2 aromatic heterocycles. The zero-order valence-corrected chi connectivity index (χ0v) is 19.3. The van der Waals surface area contributed by atoms with Crippen LogP contribution in [0.3, 0.4) is 0 Å². The van der Waals surface area contributed by atoms with E-state index in [-0.39, 0.29) is 11.7 Å². The predicted molar refractivity (Wildman–Crippen MR) is 121 cm³/mol. The van der Waals surface area contributed by atoms with E-state index in [0.29, 0.717) is 34.9 Å². The standard InChI is InChI=1S/C20H21ClN4O4S2/c1-13(19(27)28)25-18(16-4-3-11-30-16)22-23-20(25)31-12-17(26)24(2)9-10-29-15-7-5-14(21)6-8-15/h3-8,11,13H,9-10,12H2,1-2H3,(H,27,28)/t13-/m0/s1. The van der Waals surface area contributed by atoms with E-state index in [1.54, 1.807) is 47.7 Å². The minimum atomic E-state index is -0.998. The van der Waals surface area contributed by atoms with Crippen LogP contribution in [-0.4, -0.2) is 62.6 Å². The van der Waals surface area contributed by atoms with Gasteiger partial charge in [0.1, 0.15) is 18.4 Å². The molecule has 0 aliphatic carbocycles. The van der Waals surface area contributed by atoms with Crippen LogP contribution < -0.4 is 4.74 Å². The van der Waals surface area contributed by atoms with Crippen molar-refractivity contribution in [3.63, 3.8) is 0 Å². The van der Waals surface area contributed by atoms with Gasteiger partial charge in [0.25, 0.3) is 0 Å². The van der Waals surface area contributed by atoms with Crippen molar-refractivity contribution in [3.05, 3.63) is 46.8 Å². The summed E-state index contributed by atoms with van der Waals surface area (Å²) < 4.78 is 7.17. The third-order valence-electron chi connectivity index (χ3n) is 4.41. The summed E-state index contributed by atoms with van der Waals surface area (Å²) in [6, 6.07) is 9.86. The molecule has 1 atom stereocenters. The van der Waals surface area contributed by atoms with Gasteiger partial charge < -0.3 is 14.7 Å². The number of aromatic nitrogens is 3. The average molecular weight is 481 g/mol. The number of likely N-dealkylation sites (N-methyl/N-ethyl adjacent to an activating group) is 1. The second kappa shape index (κ2) is 10.7. The van der Waals surface area contributed by atoms with Crippen LogP contribution in [0.5, 0.6) is 5.75 Å². The average Bonchev–Trinajstić information content (AvgIpc) is 3.42. The molecule has 3 rings (SSSR count). The van der Waals surface area contributed by atoms with Crippen molar-refractivity contribution in [2.45, 2.75) is 18.1 Å². The third-order valence-corrected chi connectivity index (χ3v) is 6.46. The Labute approximate surface area is 192 Å². The van der Waals surface area contributed by atoms with Gasteiger partial charge in [-0.3, -0.25) is 9.36 Å². The van der Waals surface area contributed by atoms with Crippen molar-refractivity contribution in [1.29, 1.82) is 0 Å². The van der Waals surface area contributed by atoms with Gasteiger partial charge in [0.2, 0.25) is 5.91 Å². The van der Waals surface area contributed by atoms with Gasteiger partial charge in [-0.1, -0.05) is 29.4 Å². The van der Waals surface area contributed by atoms with Gasteiger partial charge in [-0.25, -0.2) is 4.79 Å². The van der Waals surface area contributed by atoms with Crippen LogP contribution in [0.15, 0.2) is 46.9 Å². The molecular formula is C20H21ClN4O4S2. The Bertz CT molecular complexity index is 1020. The van der Waals surface area contributed by atoms with E-state index < -0.39 is 12.0 Å². The summed E-state index contributed by atoms with van der Waals surface area (Å²) in [4.78, 5) is 26.5. The Morgan fingerprint density at radius 1 is 1.29 bits per heavy atom. The summed E-state index contributed by atoms with van der Waals surface area (Å²) in [5.74, 6) is 0.134. The monoisotopic (exact) mass is 480 g/mol. The predicted octanol–water partition coefficient (Wildman–Crippen LogP) is 3.94. The maximum absolute atomic E-state index is 12.5. The molecule has 0 radical (unpaired) electrons. The fraction of sp³-hybridized carbons (Fsp3) is 0.300. The smallest absolute Gasteiger partial charge is 0.326 e. The Hall–Kier alpha value is -2.56. The Kier molecular flexibility index (Phi) is 7.94. The quantitative estimate of drug-likeness (QED) is 0.439. The fourth-order valence-electron chi connectivity index (χ4n) is 2.60. The molecule has 1 amide bonds. The summed E-state index contributed by atoms with van der Waals surface area (Å²) in [7, 11) is 1.69. The SMILES string of the molecule is C[C@@H](C(=O)O)n1c(SCC(=O)N(C)CCOc2ccc(Cl)cc2)nnc1-c1cccs1. The number of ether oxygens (including phenoxy) is 1. The molecule has 1 aromatic carbocycles. The number of hydrogen-bond donors (Lipinski definition) is 1. The van der Waals surface area contributed by atoms with E-state index in [4.69, 9.17) is 16.3 Å². The summed E-state index contributed by atoms with van der Waals surface area (Å²) in [6.07, 6.45) is 0. The summed E-state index contributed by atoms with van der Waals surface area (Å²) in [6.45, 7) is 2.30. The topological polar surface area (TPSA) is 97.5 Å². The van der Waals surface area contributed by atoms with Gasteiger partial charge in [-0.15, -0.1) is 21.5 Å². The lowest BCUT2D eigenvalue weighted by Gasteiger charge is -2.18. The molecule has 11 heteroatoms. The molecule has 0 saturated carbocycles. The minimum absolute atomic E-state index is 0.104. The number of carbonyl (C=O) groups excluding carboxylic acids is 1. The Morgan fingerprint density at radius 3 is 2.68 bits per heavy atom. The number of carboxylic acids is 1. The first-order valence-electron chi connectivity index (χ1n) is 9.33. The molecule has 3 aromatic rings. The van der Waals surface area contributed by atoms with E-state index in [1.165, 1.54) is 11.3 Å². The second-order valence-electron chi connectivity index (χ2n) is 6.57. The number of halogens is 1. The van der Waals surface area contributed by atoms with E-state index >= 15 is 0 Å².